The molecule has 11 heteroatoms. The molecule has 1 aromatic heterocycles. The third kappa shape index (κ3) is 6.33. The lowest BCUT2D eigenvalue weighted by atomic mass is 10.0. The van der Waals surface area contributed by atoms with Crippen LogP contribution in [0, 0.1) is 5.92 Å². The lowest BCUT2D eigenvalue weighted by molar-refractivity contribution is -0.140. The van der Waals surface area contributed by atoms with Crippen molar-refractivity contribution in [2.75, 3.05) is 4.72 Å². The summed E-state index contributed by atoms with van der Waals surface area (Å²) < 4.78 is 82.6. The summed E-state index contributed by atoms with van der Waals surface area (Å²) in [6.07, 6.45) is 0.820. The summed E-state index contributed by atoms with van der Waals surface area (Å²) in [5.74, 6) is -1.91. The molecule has 33 heavy (non-hydrogen) atoms. The van der Waals surface area contributed by atoms with Crippen LogP contribution in [0.15, 0.2) is 40.4 Å². The van der Waals surface area contributed by atoms with Crippen molar-refractivity contribution in [3.8, 4) is 0 Å². The van der Waals surface area contributed by atoms with E-state index in [1.165, 1.54) is 12.1 Å². The molecule has 6 nitrogen and oxygen atoms in total. The maximum absolute atomic E-state index is 14.1. The molecule has 1 heterocycles. The fourth-order valence-corrected chi connectivity index (χ4v) is 4.97. The molecule has 0 bridgehead atoms. The first-order valence-electron chi connectivity index (χ1n) is 10.8. The molecule has 0 radical (unpaired) electrons. The Hall–Kier alpha value is -2.43. The number of nitrogens with one attached hydrogen (secondary N) is 1. The highest BCUT2D eigenvalue weighted by molar-refractivity contribution is 7.93. The Labute approximate surface area is 190 Å². The highest BCUT2D eigenvalue weighted by atomic mass is 32.2. The molecule has 2 aliphatic carbocycles. The summed E-state index contributed by atoms with van der Waals surface area (Å²) in [5.41, 5.74) is -1.51. The Kier molecular flexibility index (Phi) is 7.21. The largest absolute Gasteiger partial charge is 0.406 e. The lowest BCUT2D eigenvalue weighted by Gasteiger charge is -2.26. The summed E-state index contributed by atoms with van der Waals surface area (Å²) >= 11 is 0. The van der Waals surface area contributed by atoms with Gasteiger partial charge >= 0.3 is 6.18 Å². The van der Waals surface area contributed by atoms with Crippen LogP contribution in [-0.2, 0) is 16.6 Å². The molecule has 0 unspecified atom stereocenters. The molecular formula is C22H27F4N3O3S. The van der Waals surface area contributed by atoms with Gasteiger partial charge in [-0.1, -0.05) is 32.9 Å². The number of hydrogen-bond acceptors (Lipinski definition) is 4. The van der Waals surface area contributed by atoms with E-state index in [1.54, 1.807) is 19.9 Å². The SMILES string of the molecule is C=C(F)C(/C=C\C(C)C)=Nc1c(NS(=O)(=O)C2CCC2)cc(C2CC2)c(=O)n1CC(F)(F)F. The Morgan fingerprint density at radius 1 is 1.30 bits per heavy atom. The predicted molar refractivity (Wildman–Crippen MR) is 120 cm³/mol. The van der Waals surface area contributed by atoms with Crippen molar-refractivity contribution in [2.24, 2.45) is 10.9 Å². The first kappa shape index (κ1) is 25.2. The number of halogens is 4. The van der Waals surface area contributed by atoms with Crippen molar-refractivity contribution >= 4 is 27.2 Å². The van der Waals surface area contributed by atoms with Gasteiger partial charge in [0.15, 0.2) is 5.82 Å². The van der Waals surface area contributed by atoms with Crippen molar-refractivity contribution in [3.63, 3.8) is 0 Å². The van der Waals surface area contributed by atoms with Gasteiger partial charge in [0, 0.05) is 5.56 Å². The first-order valence-corrected chi connectivity index (χ1v) is 12.3. The van der Waals surface area contributed by atoms with Gasteiger partial charge < -0.3 is 0 Å². The minimum absolute atomic E-state index is 0.0271. The fourth-order valence-electron chi connectivity index (χ4n) is 3.39. The zero-order valence-corrected chi connectivity index (χ0v) is 19.3. The smallest absolute Gasteiger partial charge is 0.282 e. The van der Waals surface area contributed by atoms with Gasteiger partial charge in [0.1, 0.15) is 18.1 Å². The van der Waals surface area contributed by atoms with Crippen LogP contribution in [0.3, 0.4) is 0 Å². The molecule has 2 aliphatic rings. The second-order valence-electron chi connectivity index (χ2n) is 8.82. The number of nitrogens with zero attached hydrogens (tertiary/aromatic N) is 2. The average Bonchev–Trinajstić information content (AvgIpc) is 3.44. The van der Waals surface area contributed by atoms with Gasteiger partial charge in [-0.25, -0.2) is 17.8 Å². The molecule has 1 aromatic rings. The van der Waals surface area contributed by atoms with Crippen LogP contribution in [0.4, 0.5) is 29.1 Å². The molecule has 0 aliphatic heterocycles. The molecule has 0 spiro atoms. The maximum atomic E-state index is 14.1. The van der Waals surface area contributed by atoms with E-state index in [1.807, 2.05) is 0 Å². The number of aromatic nitrogens is 1. The van der Waals surface area contributed by atoms with E-state index in [2.05, 4.69) is 16.3 Å². The summed E-state index contributed by atoms with van der Waals surface area (Å²) in [5, 5.41) is -0.682. The standard InChI is InChI=1S/C22H27F4N3O3S/c1-13(2)7-10-18(14(3)23)27-20-19(28-33(31,32)16-5-4-6-16)11-17(15-8-9-15)21(30)29(20)12-22(24,25)26/h7,10-11,13,15-16,28H,3-6,8-9,12H2,1-2H3/b10-7-,27-18?. The van der Waals surface area contributed by atoms with E-state index >= 15 is 0 Å². The summed E-state index contributed by atoms with van der Waals surface area (Å²) in [6, 6.07) is 1.24. The highest BCUT2D eigenvalue weighted by Gasteiger charge is 2.36. The summed E-state index contributed by atoms with van der Waals surface area (Å²) in [7, 11) is -3.93. The molecule has 2 fully saturated rings. The minimum atomic E-state index is -4.79. The van der Waals surface area contributed by atoms with Gasteiger partial charge in [0.2, 0.25) is 10.0 Å². The van der Waals surface area contributed by atoms with Crippen LogP contribution < -0.4 is 10.3 Å². The number of anilines is 1. The van der Waals surface area contributed by atoms with Crippen molar-refractivity contribution in [1.29, 1.82) is 0 Å². The number of aliphatic imine (C=N–C) groups is 1. The quantitative estimate of drug-likeness (QED) is 0.375. The van der Waals surface area contributed by atoms with Crippen LogP contribution >= 0.6 is 0 Å². The third-order valence-electron chi connectivity index (χ3n) is 5.53. The highest BCUT2D eigenvalue weighted by Crippen LogP contribution is 2.41. The van der Waals surface area contributed by atoms with Crippen LogP contribution in [0.1, 0.15) is 57.4 Å². The Morgan fingerprint density at radius 3 is 2.39 bits per heavy atom. The van der Waals surface area contributed by atoms with E-state index in [4.69, 9.17) is 0 Å². The van der Waals surface area contributed by atoms with Crippen LogP contribution in [0.5, 0.6) is 0 Å². The van der Waals surface area contributed by atoms with E-state index < -0.39 is 50.9 Å². The minimum Gasteiger partial charge on any atom is -0.282 e. The van der Waals surface area contributed by atoms with E-state index in [9.17, 15) is 30.8 Å². The monoisotopic (exact) mass is 489 g/mol. The zero-order valence-electron chi connectivity index (χ0n) is 18.5. The molecule has 0 saturated heterocycles. The van der Waals surface area contributed by atoms with Crippen molar-refractivity contribution < 1.29 is 26.0 Å². The maximum Gasteiger partial charge on any atom is 0.406 e. The first-order chi connectivity index (χ1) is 15.3. The second kappa shape index (κ2) is 9.44. The van der Waals surface area contributed by atoms with Crippen LogP contribution in [-0.4, -0.2) is 30.1 Å². The normalized spacial score (nSPS) is 18.1. The molecule has 3 rings (SSSR count). The second-order valence-corrected chi connectivity index (χ2v) is 10.8. The zero-order chi connectivity index (χ0) is 24.6. The number of allylic oxidation sites excluding steroid dienone is 3. The molecule has 2 saturated carbocycles. The average molecular weight is 490 g/mol. The van der Waals surface area contributed by atoms with Crippen LogP contribution in [0.25, 0.3) is 0 Å². The van der Waals surface area contributed by atoms with Gasteiger partial charge in [-0.3, -0.25) is 14.1 Å². The molecule has 0 atom stereocenters. The van der Waals surface area contributed by atoms with E-state index in [0.29, 0.717) is 30.3 Å². The number of alkyl halides is 3. The Morgan fingerprint density at radius 2 is 1.94 bits per heavy atom. The van der Waals surface area contributed by atoms with Gasteiger partial charge in [0.05, 0.1) is 10.9 Å². The fraction of sp³-hybridized carbons (Fsp3) is 0.545. The topological polar surface area (TPSA) is 80.5 Å². The van der Waals surface area contributed by atoms with Gasteiger partial charge in [-0.15, -0.1) is 0 Å². The molecule has 1 N–H and O–H groups in total. The van der Waals surface area contributed by atoms with Crippen molar-refractivity contribution in [2.45, 2.75) is 69.8 Å². The molecule has 0 amide bonds. The number of hydrogen-bond donors (Lipinski definition) is 1. The number of sulfonamides is 1. The molecule has 0 aromatic carbocycles. The van der Waals surface area contributed by atoms with Gasteiger partial charge in [-0.05, 0) is 49.7 Å². The molecular weight excluding hydrogens is 462 g/mol. The van der Waals surface area contributed by atoms with Crippen LogP contribution in [0.2, 0.25) is 0 Å². The summed E-state index contributed by atoms with van der Waals surface area (Å²) in [6.45, 7) is 5.08. The predicted octanol–water partition coefficient (Wildman–Crippen LogP) is 5.35. The van der Waals surface area contributed by atoms with Crippen molar-refractivity contribution in [3.05, 3.63) is 46.5 Å². The van der Waals surface area contributed by atoms with E-state index in [0.717, 1.165) is 6.42 Å². The number of pyridine rings is 1. The number of rotatable bonds is 9. The van der Waals surface area contributed by atoms with Crippen molar-refractivity contribution in [1.82, 2.24) is 4.57 Å². The third-order valence-corrected chi connectivity index (χ3v) is 7.38. The lowest BCUT2D eigenvalue weighted by Crippen LogP contribution is -2.35. The van der Waals surface area contributed by atoms with E-state index in [-0.39, 0.29) is 23.1 Å². The van der Waals surface area contributed by atoms with Gasteiger partial charge in [0.25, 0.3) is 5.56 Å². The summed E-state index contributed by atoms with van der Waals surface area (Å²) in [4.78, 5) is 16.9. The molecule has 182 valence electrons. The Bertz CT molecular complexity index is 1140. The van der Waals surface area contributed by atoms with Gasteiger partial charge in [-0.2, -0.15) is 13.2 Å². The Balaban J connectivity index is 2.25.